The van der Waals surface area contributed by atoms with E-state index in [1.54, 1.807) is 0 Å². The van der Waals surface area contributed by atoms with E-state index in [1.807, 2.05) is 6.92 Å². The number of ether oxygens (including phenoxy) is 1. The first kappa shape index (κ1) is 14.6. The molecule has 4 nitrogen and oxygen atoms in total. The molecule has 0 spiro atoms. The third-order valence-electron chi connectivity index (χ3n) is 4.75. The van der Waals surface area contributed by atoms with Gasteiger partial charge in [-0.2, -0.15) is 0 Å². The smallest absolute Gasteiger partial charge is 0.189 e. The lowest BCUT2D eigenvalue weighted by atomic mass is 9.65. The minimum atomic E-state index is 0.106. The maximum atomic E-state index is 6.05. The molecule has 19 heavy (non-hydrogen) atoms. The highest BCUT2D eigenvalue weighted by atomic mass is 16.5. The first-order chi connectivity index (χ1) is 9.04. The lowest BCUT2D eigenvalue weighted by Gasteiger charge is -2.49. The van der Waals surface area contributed by atoms with Crippen molar-refractivity contribution in [3.8, 4) is 0 Å². The van der Waals surface area contributed by atoms with Crippen LogP contribution in [-0.2, 0) is 4.74 Å². The Balaban J connectivity index is 1.84. The van der Waals surface area contributed by atoms with Gasteiger partial charge in [-0.15, -0.1) is 0 Å². The number of aliphatic imine (C=N–C) groups is 1. The predicted molar refractivity (Wildman–Crippen MR) is 79.2 cm³/mol. The molecule has 2 unspecified atom stereocenters. The Morgan fingerprint density at radius 1 is 1.32 bits per heavy atom. The fraction of sp³-hybridized carbons (Fsp3) is 0.933. The van der Waals surface area contributed by atoms with E-state index in [9.17, 15) is 0 Å². The van der Waals surface area contributed by atoms with Crippen LogP contribution in [0.5, 0.6) is 0 Å². The van der Waals surface area contributed by atoms with Crippen LogP contribution in [0.25, 0.3) is 0 Å². The van der Waals surface area contributed by atoms with E-state index in [0.29, 0.717) is 24.1 Å². The first-order valence-corrected chi connectivity index (χ1v) is 7.75. The van der Waals surface area contributed by atoms with Gasteiger partial charge in [-0.05, 0) is 26.2 Å². The van der Waals surface area contributed by atoms with Crippen molar-refractivity contribution in [3.05, 3.63) is 0 Å². The largest absolute Gasteiger partial charge is 0.378 e. The van der Waals surface area contributed by atoms with Crippen LogP contribution in [-0.4, -0.2) is 30.8 Å². The second-order valence-electron chi connectivity index (χ2n) is 6.51. The second kappa shape index (κ2) is 6.12. The summed E-state index contributed by atoms with van der Waals surface area (Å²) in [6.07, 6.45) is 7.76. The maximum Gasteiger partial charge on any atom is 0.189 e. The molecule has 2 rings (SSSR count). The van der Waals surface area contributed by atoms with Gasteiger partial charge < -0.3 is 15.8 Å². The van der Waals surface area contributed by atoms with Crippen molar-refractivity contribution in [2.45, 2.75) is 77.5 Å². The van der Waals surface area contributed by atoms with Crippen LogP contribution < -0.4 is 11.1 Å². The van der Waals surface area contributed by atoms with E-state index in [-0.39, 0.29) is 5.41 Å². The summed E-state index contributed by atoms with van der Waals surface area (Å²) in [6, 6.07) is 0.823. The van der Waals surface area contributed by atoms with E-state index in [1.165, 1.54) is 32.1 Å². The zero-order valence-corrected chi connectivity index (χ0v) is 12.6. The Morgan fingerprint density at radius 2 is 2.00 bits per heavy atom. The number of guanidine groups is 1. The van der Waals surface area contributed by atoms with Gasteiger partial charge >= 0.3 is 0 Å². The summed E-state index contributed by atoms with van der Waals surface area (Å²) in [5.41, 5.74) is 6.16. The number of hydrogen-bond acceptors (Lipinski definition) is 2. The molecule has 110 valence electrons. The van der Waals surface area contributed by atoms with Gasteiger partial charge in [0.25, 0.3) is 0 Å². The molecule has 0 saturated heterocycles. The van der Waals surface area contributed by atoms with Gasteiger partial charge in [0.05, 0.1) is 12.1 Å². The number of nitrogens with zero attached hydrogens (tertiary/aromatic N) is 1. The monoisotopic (exact) mass is 267 g/mol. The Bertz CT molecular complexity index is 321. The van der Waals surface area contributed by atoms with Crippen molar-refractivity contribution in [2.75, 3.05) is 6.61 Å². The summed E-state index contributed by atoms with van der Waals surface area (Å²) in [5.74, 6) is 0.625. The average Bonchev–Trinajstić information content (AvgIpc) is 2.39. The Kier molecular flexibility index (Phi) is 4.71. The van der Waals surface area contributed by atoms with Crippen molar-refractivity contribution in [1.29, 1.82) is 0 Å². The molecule has 2 aliphatic carbocycles. The summed E-state index contributed by atoms with van der Waals surface area (Å²) in [4.78, 5) is 4.66. The normalized spacial score (nSPS) is 31.8. The standard InChI is InChI=1S/C15H29N3O/c1-4-19-13-10-12(15(13,2)3)18-14(16)17-11-8-6-5-7-9-11/h11-13H,4-10H2,1-3H3,(H3,16,17,18). The zero-order valence-electron chi connectivity index (χ0n) is 12.6. The van der Waals surface area contributed by atoms with Gasteiger partial charge in [-0.1, -0.05) is 33.1 Å². The molecular weight excluding hydrogens is 238 g/mol. The molecule has 2 saturated carbocycles. The van der Waals surface area contributed by atoms with Gasteiger partial charge in [0.15, 0.2) is 5.96 Å². The van der Waals surface area contributed by atoms with E-state index in [0.717, 1.165) is 13.0 Å². The topological polar surface area (TPSA) is 59.6 Å². The number of nitrogens with two attached hydrogens (primary N) is 1. The summed E-state index contributed by atoms with van der Waals surface area (Å²) < 4.78 is 5.72. The number of hydrogen-bond donors (Lipinski definition) is 2. The van der Waals surface area contributed by atoms with Crippen LogP contribution in [0.15, 0.2) is 4.99 Å². The van der Waals surface area contributed by atoms with E-state index in [2.05, 4.69) is 24.2 Å². The van der Waals surface area contributed by atoms with Crippen LogP contribution >= 0.6 is 0 Å². The lowest BCUT2D eigenvalue weighted by Crippen LogP contribution is -2.55. The molecule has 0 aromatic carbocycles. The van der Waals surface area contributed by atoms with Gasteiger partial charge in [-0.3, -0.25) is 0 Å². The van der Waals surface area contributed by atoms with Crippen molar-refractivity contribution < 1.29 is 4.74 Å². The van der Waals surface area contributed by atoms with Crippen molar-refractivity contribution >= 4 is 5.96 Å². The minimum Gasteiger partial charge on any atom is -0.378 e. The molecule has 2 atom stereocenters. The van der Waals surface area contributed by atoms with Crippen LogP contribution in [0, 0.1) is 5.41 Å². The highest BCUT2D eigenvalue weighted by molar-refractivity contribution is 5.78. The zero-order chi connectivity index (χ0) is 13.9. The second-order valence-corrected chi connectivity index (χ2v) is 6.51. The van der Waals surface area contributed by atoms with E-state index in [4.69, 9.17) is 10.5 Å². The van der Waals surface area contributed by atoms with Gasteiger partial charge in [0.1, 0.15) is 0 Å². The highest BCUT2D eigenvalue weighted by Crippen LogP contribution is 2.44. The predicted octanol–water partition coefficient (Wildman–Crippen LogP) is 2.43. The number of rotatable bonds is 4. The third kappa shape index (κ3) is 3.41. The molecule has 3 N–H and O–H groups in total. The Morgan fingerprint density at radius 3 is 2.58 bits per heavy atom. The van der Waals surface area contributed by atoms with Crippen LogP contribution in [0.4, 0.5) is 0 Å². The summed E-state index contributed by atoms with van der Waals surface area (Å²) in [5, 5.41) is 3.39. The van der Waals surface area contributed by atoms with Crippen LogP contribution in [0.1, 0.15) is 59.3 Å². The molecule has 0 heterocycles. The van der Waals surface area contributed by atoms with Gasteiger partial charge in [0, 0.05) is 18.1 Å². The molecule has 0 radical (unpaired) electrons. The fourth-order valence-electron chi connectivity index (χ4n) is 3.23. The molecule has 2 fully saturated rings. The summed E-state index contributed by atoms with van der Waals surface area (Å²) >= 11 is 0. The van der Waals surface area contributed by atoms with Crippen molar-refractivity contribution in [1.82, 2.24) is 5.32 Å². The van der Waals surface area contributed by atoms with Gasteiger partial charge in [0.2, 0.25) is 0 Å². The number of nitrogens with one attached hydrogen (secondary N) is 1. The molecule has 4 heteroatoms. The molecule has 0 aromatic rings. The molecule has 2 aliphatic rings. The van der Waals surface area contributed by atoms with E-state index >= 15 is 0 Å². The van der Waals surface area contributed by atoms with Crippen LogP contribution in [0.2, 0.25) is 0 Å². The van der Waals surface area contributed by atoms with Crippen LogP contribution in [0.3, 0.4) is 0 Å². The summed E-state index contributed by atoms with van der Waals surface area (Å²) in [6.45, 7) is 7.27. The first-order valence-electron chi connectivity index (χ1n) is 7.75. The highest BCUT2D eigenvalue weighted by Gasteiger charge is 2.49. The Hall–Kier alpha value is -0.770. The average molecular weight is 267 g/mol. The van der Waals surface area contributed by atoms with Gasteiger partial charge in [-0.25, -0.2) is 4.99 Å². The molecule has 0 aliphatic heterocycles. The Labute approximate surface area is 117 Å². The van der Waals surface area contributed by atoms with Crippen molar-refractivity contribution in [3.63, 3.8) is 0 Å². The lowest BCUT2D eigenvalue weighted by molar-refractivity contribution is -0.103. The molecular formula is C15H29N3O. The molecule has 0 aromatic heterocycles. The molecule has 0 bridgehead atoms. The SMILES string of the molecule is CCOC1CC(N=C(N)NC2CCCCC2)C1(C)C. The van der Waals surface area contributed by atoms with Crippen molar-refractivity contribution in [2.24, 2.45) is 16.1 Å². The quantitative estimate of drug-likeness (QED) is 0.607. The fourth-order valence-corrected chi connectivity index (χ4v) is 3.23. The minimum absolute atomic E-state index is 0.106. The molecule has 0 amide bonds. The summed E-state index contributed by atoms with van der Waals surface area (Å²) in [7, 11) is 0. The maximum absolute atomic E-state index is 6.05. The third-order valence-corrected chi connectivity index (χ3v) is 4.75. The van der Waals surface area contributed by atoms with E-state index < -0.39 is 0 Å².